The topological polar surface area (TPSA) is 60.2 Å². The Morgan fingerprint density at radius 1 is 1.27 bits per heavy atom. The van der Waals surface area contributed by atoms with Crippen LogP contribution in [0, 0.1) is 0 Å². The lowest BCUT2D eigenvalue weighted by Gasteiger charge is -2.09. The van der Waals surface area contributed by atoms with Gasteiger partial charge in [0.2, 0.25) is 0 Å². The monoisotopic (exact) mass is 301 g/mol. The van der Waals surface area contributed by atoms with E-state index in [4.69, 9.17) is 4.74 Å². The summed E-state index contributed by atoms with van der Waals surface area (Å²) >= 11 is 0. The number of aliphatic hydroxyl groups excluding tert-OH is 1. The molecule has 1 saturated carbocycles. The number of benzene rings is 1. The van der Waals surface area contributed by atoms with Crippen molar-refractivity contribution in [2.24, 2.45) is 0 Å². The molecule has 22 heavy (non-hydrogen) atoms. The molecule has 0 amide bonds. The molecular formula is C17H23N3O2. The van der Waals surface area contributed by atoms with Gasteiger partial charge >= 0.3 is 0 Å². The molecule has 0 bridgehead atoms. The van der Waals surface area contributed by atoms with Crippen LogP contribution in [-0.2, 0) is 19.6 Å². The first-order chi connectivity index (χ1) is 10.8. The summed E-state index contributed by atoms with van der Waals surface area (Å²) in [6.45, 7) is 3.56. The predicted octanol–water partition coefficient (Wildman–Crippen LogP) is 2.68. The average molecular weight is 301 g/mol. The lowest BCUT2D eigenvalue weighted by molar-refractivity contribution is 0.275. The molecule has 0 unspecified atom stereocenters. The van der Waals surface area contributed by atoms with Crippen LogP contribution in [0.15, 0.2) is 24.3 Å². The SMILES string of the molecule is CCc1ccc(OCCCn2nnc(CO)c2C2CC2)cc1. The lowest BCUT2D eigenvalue weighted by atomic mass is 10.2. The molecule has 5 heteroatoms. The van der Waals surface area contributed by atoms with Crippen molar-refractivity contribution < 1.29 is 9.84 Å². The maximum atomic E-state index is 9.33. The van der Waals surface area contributed by atoms with Crippen molar-refractivity contribution in [3.05, 3.63) is 41.2 Å². The zero-order chi connectivity index (χ0) is 15.4. The minimum atomic E-state index is -0.0217. The highest BCUT2D eigenvalue weighted by atomic mass is 16.5. The van der Waals surface area contributed by atoms with Gasteiger partial charge in [0.25, 0.3) is 0 Å². The summed E-state index contributed by atoms with van der Waals surface area (Å²) in [7, 11) is 0. The average Bonchev–Trinajstić information content (AvgIpc) is 3.32. The van der Waals surface area contributed by atoms with Crippen molar-refractivity contribution in [1.29, 1.82) is 0 Å². The molecule has 1 aliphatic carbocycles. The number of aryl methyl sites for hydroxylation is 2. The zero-order valence-electron chi connectivity index (χ0n) is 13.0. The summed E-state index contributed by atoms with van der Waals surface area (Å²) < 4.78 is 7.70. The van der Waals surface area contributed by atoms with Gasteiger partial charge in [-0.05, 0) is 37.0 Å². The van der Waals surface area contributed by atoms with E-state index >= 15 is 0 Å². The number of aromatic nitrogens is 3. The van der Waals surface area contributed by atoms with E-state index in [-0.39, 0.29) is 6.61 Å². The van der Waals surface area contributed by atoms with Crippen molar-refractivity contribution >= 4 is 0 Å². The van der Waals surface area contributed by atoms with E-state index < -0.39 is 0 Å². The van der Waals surface area contributed by atoms with Crippen LogP contribution in [0.5, 0.6) is 5.75 Å². The first kappa shape index (κ1) is 15.0. The highest BCUT2D eigenvalue weighted by molar-refractivity contribution is 5.27. The minimum Gasteiger partial charge on any atom is -0.494 e. The summed E-state index contributed by atoms with van der Waals surface area (Å²) in [4.78, 5) is 0. The lowest BCUT2D eigenvalue weighted by Crippen LogP contribution is -2.09. The highest BCUT2D eigenvalue weighted by Gasteiger charge is 2.30. The fraction of sp³-hybridized carbons (Fsp3) is 0.529. The molecule has 0 spiro atoms. The van der Waals surface area contributed by atoms with Gasteiger partial charge in [-0.2, -0.15) is 0 Å². The van der Waals surface area contributed by atoms with Crippen molar-refractivity contribution in [3.63, 3.8) is 0 Å². The first-order valence-electron chi connectivity index (χ1n) is 8.06. The molecule has 1 N–H and O–H groups in total. The van der Waals surface area contributed by atoms with E-state index in [1.54, 1.807) is 0 Å². The standard InChI is InChI=1S/C17H23N3O2/c1-2-13-4-8-15(9-5-13)22-11-3-10-20-17(14-6-7-14)16(12-21)18-19-20/h4-5,8-9,14,21H,2-3,6-7,10-12H2,1H3. The zero-order valence-corrected chi connectivity index (χ0v) is 13.0. The van der Waals surface area contributed by atoms with Crippen molar-refractivity contribution in [2.75, 3.05) is 6.61 Å². The van der Waals surface area contributed by atoms with Gasteiger partial charge in [0, 0.05) is 18.9 Å². The Bertz CT molecular complexity index is 603. The summed E-state index contributed by atoms with van der Waals surface area (Å²) in [5.41, 5.74) is 3.17. The minimum absolute atomic E-state index is 0.0217. The smallest absolute Gasteiger partial charge is 0.119 e. The number of nitrogens with zero attached hydrogens (tertiary/aromatic N) is 3. The molecule has 0 atom stereocenters. The summed E-state index contributed by atoms with van der Waals surface area (Å²) in [6.07, 6.45) is 4.29. The molecule has 118 valence electrons. The third-order valence-electron chi connectivity index (χ3n) is 4.08. The van der Waals surface area contributed by atoms with Gasteiger partial charge in [-0.1, -0.05) is 24.3 Å². The summed E-state index contributed by atoms with van der Waals surface area (Å²) in [5, 5.41) is 17.6. The Kier molecular flexibility index (Phi) is 4.73. The normalized spacial score (nSPS) is 14.3. The molecule has 1 heterocycles. The molecule has 1 aliphatic rings. The second kappa shape index (κ2) is 6.92. The largest absolute Gasteiger partial charge is 0.494 e. The summed E-state index contributed by atoms with van der Waals surface area (Å²) in [5.74, 6) is 1.45. The van der Waals surface area contributed by atoms with Crippen LogP contribution in [0.3, 0.4) is 0 Å². The molecular weight excluding hydrogens is 278 g/mol. The van der Waals surface area contributed by atoms with Gasteiger partial charge in [0.1, 0.15) is 11.4 Å². The van der Waals surface area contributed by atoms with Crippen molar-refractivity contribution in [1.82, 2.24) is 15.0 Å². The summed E-state index contributed by atoms with van der Waals surface area (Å²) in [6, 6.07) is 8.25. The molecule has 2 aromatic rings. The van der Waals surface area contributed by atoms with Crippen LogP contribution >= 0.6 is 0 Å². The van der Waals surface area contributed by atoms with Gasteiger partial charge in [-0.25, -0.2) is 4.68 Å². The Hall–Kier alpha value is -1.88. The molecule has 5 nitrogen and oxygen atoms in total. The van der Waals surface area contributed by atoms with E-state index in [1.807, 2.05) is 16.8 Å². The third-order valence-corrected chi connectivity index (χ3v) is 4.08. The Morgan fingerprint density at radius 3 is 2.68 bits per heavy atom. The Morgan fingerprint density at radius 2 is 2.05 bits per heavy atom. The number of hydrogen-bond donors (Lipinski definition) is 1. The van der Waals surface area contributed by atoms with Crippen LogP contribution in [0.1, 0.15) is 49.1 Å². The van der Waals surface area contributed by atoms with E-state index in [0.29, 0.717) is 12.5 Å². The molecule has 3 rings (SSSR count). The van der Waals surface area contributed by atoms with E-state index in [2.05, 4.69) is 29.4 Å². The van der Waals surface area contributed by atoms with Crippen LogP contribution in [0.4, 0.5) is 0 Å². The third kappa shape index (κ3) is 3.47. The Labute approximate surface area is 130 Å². The van der Waals surface area contributed by atoms with E-state index in [0.717, 1.165) is 36.5 Å². The number of ether oxygens (including phenoxy) is 1. The molecule has 0 aliphatic heterocycles. The van der Waals surface area contributed by atoms with Crippen molar-refractivity contribution in [3.8, 4) is 5.75 Å². The van der Waals surface area contributed by atoms with Gasteiger partial charge in [0.15, 0.2) is 0 Å². The van der Waals surface area contributed by atoms with Crippen LogP contribution in [-0.4, -0.2) is 26.7 Å². The second-order valence-corrected chi connectivity index (χ2v) is 5.78. The number of rotatable bonds is 8. The van der Waals surface area contributed by atoms with Gasteiger partial charge in [-0.15, -0.1) is 5.10 Å². The van der Waals surface area contributed by atoms with E-state index in [1.165, 1.54) is 18.4 Å². The fourth-order valence-electron chi connectivity index (χ4n) is 2.66. The van der Waals surface area contributed by atoms with E-state index in [9.17, 15) is 5.11 Å². The van der Waals surface area contributed by atoms with Crippen LogP contribution in [0.25, 0.3) is 0 Å². The number of hydrogen-bond acceptors (Lipinski definition) is 4. The molecule has 0 radical (unpaired) electrons. The maximum absolute atomic E-state index is 9.33. The van der Waals surface area contributed by atoms with Gasteiger partial charge in [0.05, 0.1) is 18.9 Å². The predicted molar refractivity (Wildman–Crippen MR) is 83.9 cm³/mol. The van der Waals surface area contributed by atoms with Gasteiger partial charge in [-0.3, -0.25) is 0 Å². The molecule has 1 aromatic carbocycles. The Balaban J connectivity index is 1.49. The van der Waals surface area contributed by atoms with Gasteiger partial charge < -0.3 is 9.84 Å². The van der Waals surface area contributed by atoms with Crippen LogP contribution < -0.4 is 4.74 Å². The molecule has 1 fully saturated rings. The van der Waals surface area contributed by atoms with Crippen molar-refractivity contribution in [2.45, 2.75) is 51.7 Å². The first-order valence-corrected chi connectivity index (χ1v) is 8.06. The maximum Gasteiger partial charge on any atom is 0.119 e. The molecule has 0 saturated heterocycles. The number of aliphatic hydroxyl groups is 1. The molecule has 1 aromatic heterocycles. The fourth-order valence-corrected chi connectivity index (χ4v) is 2.66. The highest BCUT2D eigenvalue weighted by Crippen LogP contribution is 2.41. The second-order valence-electron chi connectivity index (χ2n) is 5.78. The quantitative estimate of drug-likeness (QED) is 0.762. The van der Waals surface area contributed by atoms with Crippen LogP contribution in [0.2, 0.25) is 0 Å².